The molecular formula is C24H24N4O2. The van der Waals surface area contributed by atoms with Crippen LogP contribution in [0.15, 0.2) is 79.3 Å². The molecular weight excluding hydrogens is 376 g/mol. The fourth-order valence-electron chi connectivity index (χ4n) is 5.11. The summed E-state index contributed by atoms with van der Waals surface area (Å²) in [6.07, 6.45) is 5.28. The molecule has 1 spiro atoms. The van der Waals surface area contributed by atoms with Crippen LogP contribution in [-0.2, 0) is 6.54 Å². The number of carbonyl (C=O) groups is 1. The molecule has 0 aliphatic carbocycles. The zero-order valence-corrected chi connectivity index (χ0v) is 16.6. The Labute approximate surface area is 175 Å². The largest absolute Gasteiger partial charge is 0.395 e. The SMILES string of the molecule is O=C(c1ccccn1)N1CC2(C1)[C@H](c1ccccc1)[C@@H](CO)N2Cc1cccnc1. The van der Waals surface area contributed by atoms with Crippen LogP contribution in [0.3, 0.4) is 0 Å². The molecule has 5 rings (SSSR count). The van der Waals surface area contributed by atoms with E-state index < -0.39 is 0 Å². The standard InChI is InChI=1S/C24H24N4O2/c29-15-21-22(19-8-2-1-3-9-19)24(28(21)14-18-7-6-11-25-13-18)16-27(17-24)23(30)20-10-4-5-12-26-20/h1-13,21-22,29H,14-17H2/t21-,22-/m1/s1. The quantitative estimate of drug-likeness (QED) is 0.712. The number of carbonyl (C=O) groups excluding carboxylic acids is 1. The summed E-state index contributed by atoms with van der Waals surface area (Å²) in [6, 6.07) is 19.7. The van der Waals surface area contributed by atoms with Crippen LogP contribution in [0, 0.1) is 0 Å². The van der Waals surface area contributed by atoms with Crippen molar-refractivity contribution in [2.75, 3.05) is 19.7 Å². The summed E-state index contributed by atoms with van der Waals surface area (Å²) in [7, 11) is 0. The van der Waals surface area contributed by atoms with E-state index in [0.29, 0.717) is 25.3 Å². The van der Waals surface area contributed by atoms with Crippen LogP contribution in [0.25, 0.3) is 0 Å². The van der Waals surface area contributed by atoms with Gasteiger partial charge in [0.2, 0.25) is 0 Å². The van der Waals surface area contributed by atoms with Gasteiger partial charge in [-0.25, -0.2) is 0 Å². The minimum absolute atomic E-state index is 0.0136. The van der Waals surface area contributed by atoms with Crippen LogP contribution < -0.4 is 0 Å². The van der Waals surface area contributed by atoms with Crippen LogP contribution in [0.2, 0.25) is 0 Å². The van der Waals surface area contributed by atoms with Gasteiger partial charge in [0.05, 0.1) is 12.1 Å². The van der Waals surface area contributed by atoms with E-state index in [2.05, 4.69) is 33.1 Å². The second kappa shape index (κ2) is 7.63. The van der Waals surface area contributed by atoms with Crippen molar-refractivity contribution >= 4 is 5.91 Å². The molecule has 1 N–H and O–H groups in total. The van der Waals surface area contributed by atoms with E-state index in [4.69, 9.17) is 0 Å². The molecule has 1 amide bonds. The molecule has 2 atom stereocenters. The number of nitrogens with zero attached hydrogens (tertiary/aromatic N) is 4. The van der Waals surface area contributed by atoms with Gasteiger partial charge in [-0.2, -0.15) is 0 Å². The van der Waals surface area contributed by atoms with E-state index in [1.807, 2.05) is 47.5 Å². The van der Waals surface area contributed by atoms with Gasteiger partial charge in [0.1, 0.15) is 5.69 Å². The van der Waals surface area contributed by atoms with Gasteiger partial charge in [0.25, 0.3) is 5.91 Å². The molecule has 6 nitrogen and oxygen atoms in total. The molecule has 3 aromatic rings. The second-order valence-corrected chi connectivity index (χ2v) is 8.11. The predicted molar refractivity (Wildman–Crippen MR) is 113 cm³/mol. The molecule has 152 valence electrons. The summed E-state index contributed by atoms with van der Waals surface area (Å²) < 4.78 is 0. The lowest BCUT2D eigenvalue weighted by atomic mass is 9.60. The number of amides is 1. The number of benzene rings is 1. The number of rotatable bonds is 5. The summed E-state index contributed by atoms with van der Waals surface area (Å²) >= 11 is 0. The van der Waals surface area contributed by atoms with Gasteiger partial charge < -0.3 is 10.0 Å². The lowest BCUT2D eigenvalue weighted by Crippen LogP contribution is -2.84. The molecule has 4 heterocycles. The number of aliphatic hydroxyl groups excluding tert-OH is 1. The monoisotopic (exact) mass is 400 g/mol. The Morgan fingerprint density at radius 3 is 2.50 bits per heavy atom. The molecule has 2 saturated heterocycles. The van der Waals surface area contributed by atoms with Crippen molar-refractivity contribution in [3.63, 3.8) is 0 Å². The first-order valence-corrected chi connectivity index (χ1v) is 10.2. The van der Waals surface area contributed by atoms with Crippen LogP contribution >= 0.6 is 0 Å². The first kappa shape index (κ1) is 18.9. The second-order valence-electron chi connectivity index (χ2n) is 8.11. The van der Waals surface area contributed by atoms with Gasteiger partial charge in [-0.1, -0.05) is 42.5 Å². The van der Waals surface area contributed by atoms with Crippen molar-refractivity contribution in [3.05, 3.63) is 96.1 Å². The summed E-state index contributed by atoms with van der Waals surface area (Å²) in [4.78, 5) is 25.6. The molecule has 2 fully saturated rings. The summed E-state index contributed by atoms with van der Waals surface area (Å²) in [5.74, 6) is 0.134. The maximum absolute atomic E-state index is 12.9. The van der Waals surface area contributed by atoms with Crippen molar-refractivity contribution in [2.24, 2.45) is 0 Å². The van der Waals surface area contributed by atoms with Crippen LogP contribution in [0.5, 0.6) is 0 Å². The number of hydrogen-bond donors (Lipinski definition) is 1. The Morgan fingerprint density at radius 1 is 1.03 bits per heavy atom. The van der Waals surface area contributed by atoms with Gasteiger partial charge in [-0.3, -0.25) is 19.7 Å². The summed E-state index contributed by atoms with van der Waals surface area (Å²) in [6.45, 7) is 2.03. The van der Waals surface area contributed by atoms with E-state index >= 15 is 0 Å². The van der Waals surface area contributed by atoms with E-state index in [1.165, 1.54) is 5.56 Å². The highest BCUT2D eigenvalue weighted by atomic mass is 16.3. The Morgan fingerprint density at radius 2 is 1.83 bits per heavy atom. The first-order valence-electron chi connectivity index (χ1n) is 10.2. The maximum Gasteiger partial charge on any atom is 0.272 e. The summed E-state index contributed by atoms with van der Waals surface area (Å²) in [5.41, 5.74) is 2.61. The van der Waals surface area contributed by atoms with Crippen LogP contribution in [0.4, 0.5) is 0 Å². The van der Waals surface area contributed by atoms with Gasteiger partial charge in [0.15, 0.2) is 0 Å². The molecule has 30 heavy (non-hydrogen) atoms. The third-order valence-corrected chi connectivity index (χ3v) is 6.46. The Balaban J connectivity index is 1.43. The van der Waals surface area contributed by atoms with E-state index in [-0.39, 0.29) is 30.0 Å². The zero-order valence-electron chi connectivity index (χ0n) is 16.6. The lowest BCUT2D eigenvalue weighted by Gasteiger charge is -2.70. The van der Waals surface area contributed by atoms with Gasteiger partial charge in [-0.15, -0.1) is 0 Å². The number of hydrogen-bond acceptors (Lipinski definition) is 5. The molecule has 6 heteroatoms. The average molecular weight is 400 g/mol. The van der Waals surface area contributed by atoms with Crippen molar-refractivity contribution in [3.8, 4) is 0 Å². The minimum atomic E-state index is -0.185. The topological polar surface area (TPSA) is 69.6 Å². The molecule has 0 unspecified atom stereocenters. The van der Waals surface area contributed by atoms with Gasteiger partial charge in [0, 0.05) is 50.2 Å². The molecule has 2 aliphatic heterocycles. The van der Waals surface area contributed by atoms with E-state index in [9.17, 15) is 9.90 Å². The van der Waals surface area contributed by atoms with Gasteiger partial charge in [-0.05, 0) is 29.3 Å². The Kier molecular flexibility index (Phi) is 4.81. The van der Waals surface area contributed by atoms with Crippen LogP contribution in [0.1, 0.15) is 27.5 Å². The zero-order chi connectivity index (χ0) is 20.6. The highest BCUT2D eigenvalue weighted by Gasteiger charge is 2.66. The number of pyridine rings is 2. The Hall–Kier alpha value is -3.09. The lowest BCUT2D eigenvalue weighted by molar-refractivity contribution is -0.184. The first-order chi connectivity index (χ1) is 14.7. The average Bonchev–Trinajstić information content (AvgIpc) is 2.77. The van der Waals surface area contributed by atoms with E-state index in [0.717, 1.165) is 5.56 Å². The molecule has 0 bridgehead atoms. The van der Waals surface area contributed by atoms with E-state index in [1.54, 1.807) is 18.5 Å². The number of aliphatic hydroxyl groups is 1. The van der Waals surface area contributed by atoms with Crippen molar-refractivity contribution in [1.82, 2.24) is 19.8 Å². The third-order valence-electron chi connectivity index (χ3n) is 6.46. The number of aromatic nitrogens is 2. The molecule has 1 aromatic carbocycles. The van der Waals surface area contributed by atoms with Gasteiger partial charge >= 0.3 is 0 Å². The normalized spacial score (nSPS) is 22.4. The smallest absolute Gasteiger partial charge is 0.272 e. The van der Waals surface area contributed by atoms with Crippen molar-refractivity contribution in [2.45, 2.75) is 24.0 Å². The molecule has 2 aliphatic rings. The highest BCUT2D eigenvalue weighted by molar-refractivity contribution is 5.93. The fraction of sp³-hybridized carbons (Fsp3) is 0.292. The van der Waals surface area contributed by atoms with Crippen molar-refractivity contribution in [1.29, 1.82) is 0 Å². The minimum Gasteiger partial charge on any atom is -0.395 e. The molecule has 0 radical (unpaired) electrons. The highest BCUT2D eigenvalue weighted by Crippen LogP contribution is 2.54. The molecule has 2 aromatic heterocycles. The predicted octanol–water partition coefficient (Wildman–Crippen LogP) is 2.33. The fourth-order valence-corrected chi connectivity index (χ4v) is 5.11. The number of likely N-dealkylation sites (tertiary alicyclic amines) is 2. The Bertz CT molecular complexity index is 1010. The van der Waals surface area contributed by atoms with Crippen molar-refractivity contribution < 1.29 is 9.90 Å². The van der Waals surface area contributed by atoms with Crippen LogP contribution in [-0.4, -0.2) is 62.1 Å². The summed E-state index contributed by atoms with van der Waals surface area (Å²) in [5, 5.41) is 10.2. The molecule has 0 saturated carbocycles. The third kappa shape index (κ3) is 3.00. The maximum atomic E-state index is 12.9.